The zero-order valence-electron chi connectivity index (χ0n) is 11.4. The van der Waals surface area contributed by atoms with Crippen LogP contribution >= 0.6 is 0 Å². The molecule has 0 rings (SSSR count). The van der Waals surface area contributed by atoms with Gasteiger partial charge >= 0.3 is 5.97 Å². The summed E-state index contributed by atoms with van der Waals surface area (Å²) in [5.41, 5.74) is -0.600. The van der Waals surface area contributed by atoms with Crippen molar-refractivity contribution in [3.8, 4) is 0 Å². The quantitative estimate of drug-likeness (QED) is 0.695. The molecule has 0 aliphatic rings. The van der Waals surface area contributed by atoms with Crippen LogP contribution in [0.2, 0.25) is 0 Å². The van der Waals surface area contributed by atoms with Gasteiger partial charge < -0.3 is 10.0 Å². The molecule has 0 bridgehead atoms. The van der Waals surface area contributed by atoms with Gasteiger partial charge in [-0.05, 0) is 26.3 Å². The van der Waals surface area contributed by atoms with Crippen molar-refractivity contribution in [2.45, 2.75) is 47.0 Å². The second-order valence-electron chi connectivity index (χ2n) is 5.33. The predicted octanol–water partition coefficient (Wildman–Crippen LogP) is 2.86. The van der Waals surface area contributed by atoms with Crippen molar-refractivity contribution in [1.82, 2.24) is 4.90 Å². The molecular weight excluding hydrogens is 202 g/mol. The fourth-order valence-corrected chi connectivity index (χ4v) is 2.13. The largest absolute Gasteiger partial charge is 0.481 e. The van der Waals surface area contributed by atoms with Gasteiger partial charge in [-0.15, -0.1) is 0 Å². The molecule has 0 aromatic rings. The lowest BCUT2D eigenvalue weighted by atomic mass is 9.85. The molecule has 2 unspecified atom stereocenters. The van der Waals surface area contributed by atoms with Gasteiger partial charge in [-0.2, -0.15) is 0 Å². The fourth-order valence-electron chi connectivity index (χ4n) is 2.13. The highest BCUT2D eigenvalue weighted by Crippen LogP contribution is 2.25. The molecule has 0 saturated carbocycles. The van der Waals surface area contributed by atoms with E-state index >= 15 is 0 Å². The number of aliphatic carboxylic acids is 1. The molecule has 0 heterocycles. The maximum Gasteiger partial charge on any atom is 0.310 e. The summed E-state index contributed by atoms with van der Waals surface area (Å²) >= 11 is 0. The second kappa shape index (κ2) is 6.89. The highest BCUT2D eigenvalue weighted by Gasteiger charge is 2.33. The first kappa shape index (κ1) is 15.4. The number of carboxylic acid groups (broad SMARTS) is 1. The number of hydrogen-bond acceptors (Lipinski definition) is 2. The zero-order valence-corrected chi connectivity index (χ0v) is 11.4. The third-order valence-electron chi connectivity index (χ3n) is 3.26. The van der Waals surface area contributed by atoms with E-state index in [2.05, 4.69) is 18.7 Å². The van der Waals surface area contributed by atoms with E-state index < -0.39 is 11.4 Å². The minimum Gasteiger partial charge on any atom is -0.481 e. The number of hydrogen-bond donors (Lipinski definition) is 1. The molecule has 0 spiro atoms. The summed E-state index contributed by atoms with van der Waals surface area (Å²) in [4.78, 5) is 13.4. The molecule has 2 atom stereocenters. The van der Waals surface area contributed by atoms with Crippen molar-refractivity contribution in [1.29, 1.82) is 0 Å². The van der Waals surface area contributed by atoms with Crippen molar-refractivity contribution >= 4 is 5.97 Å². The number of nitrogens with zero attached hydrogens (tertiary/aromatic N) is 1. The Bertz CT molecular complexity index is 218. The Morgan fingerprint density at radius 2 is 2.00 bits per heavy atom. The molecule has 3 nitrogen and oxygen atoms in total. The van der Waals surface area contributed by atoms with Crippen molar-refractivity contribution in [3.63, 3.8) is 0 Å². The maximum atomic E-state index is 11.3. The van der Waals surface area contributed by atoms with Gasteiger partial charge in [0, 0.05) is 13.1 Å². The third kappa shape index (κ3) is 4.97. The third-order valence-corrected chi connectivity index (χ3v) is 3.26. The SMILES string of the molecule is CCCC(C)(CN(C)CC(C)CC)C(=O)O. The summed E-state index contributed by atoms with van der Waals surface area (Å²) in [5, 5.41) is 9.28. The number of carboxylic acids is 1. The van der Waals surface area contributed by atoms with Crippen LogP contribution in [0.25, 0.3) is 0 Å². The Hall–Kier alpha value is -0.570. The standard InChI is InChI=1S/C13H27NO2/c1-6-8-13(4,12(15)16)10-14(5)9-11(3)7-2/h11H,6-10H2,1-5H3,(H,15,16). The van der Waals surface area contributed by atoms with Crippen LogP contribution in [0.3, 0.4) is 0 Å². The van der Waals surface area contributed by atoms with E-state index in [0.717, 1.165) is 25.8 Å². The molecule has 96 valence electrons. The van der Waals surface area contributed by atoms with Crippen LogP contribution in [0.5, 0.6) is 0 Å². The Morgan fingerprint density at radius 3 is 2.38 bits per heavy atom. The lowest BCUT2D eigenvalue weighted by Gasteiger charge is -2.31. The van der Waals surface area contributed by atoms with Gasteiger partial charge in [0.25, 0.3) is 0 Å². The maximum absolute atomic E-state index is 11.3. The first-order chi connectivity index (χ1) is 7.35. The van der Waals surface area contributed by atoms with Gasteiger partial charge in [0.15, 0.2) is 0 Å². The van der Waals surface area contributed by atoms with E-state index in [4.69, 9.17) is 0 Å². The summed E-state index contributed by atoms with van der Waals surface area (Å²) in [7, 11) is 2.02. The minimum absolute atomic E-state index is 0.600. The first-order valence-corrected chi connectivity index (χ1v) is 6.27. The molecule has 0 aromatic heterocycles. The molecule has 0 radical (unpaired) electrons. The van der Waals surface area contributed by atoms with Gasteiger partial charge in [0.2, 0.25) is 0 Å². The van der Waals surface area contributed by atoms with Crippen LogP contribution in [0.15, 0.2) is 0 Å². The molecule has 0 fully saturated rings. The number of rotatable bonds is 8. The smallest absolute Gasteiger partial charge is 0.310 e. The summed E-state index contributed by atoms with van der Waals surface area (Å²) in [6.07, 6.45) is 2.80. The molecule has 3 heteroatoms. The van der Waals surface area contributed by atoms with Gasteiger partial charge in [-0.1, -0.05) is 33.6 Å². The minimum atomic E-state index is -0.676. The summed E-state index contributed by atoms with van der Waals surface area (Å²) in [5.74, 6) is -0.0463. The van der Waals surface area contributed by atoms with Crippen molar-refractivity contribution in [2.75, 3.05) is 20.1 Å². The van der Waals surface area contributed by atoms with Crippen LogP contribution in [0.4, 0.5) is 0 Å². The fraction of sp³-hybridized carbons (Fsp3) is 0.923. The van der Waals surface area contributed by atoms with E-state index in [-0.39, 0.29) is 0 Å². The Morgan fingerprint density at radius 1 is 1.44 bits per heavy atom. The van der Waals surface area contributed by atoms with E-state index in [1.54, 1.807) is 0 Å². The summed E-state index contributed by atoms with van der Waals surface area (Å²) in [6, 6.07) is 0. The van der Waals surface area contributed by atoms with Crippen molar-refractivity contribution in [2.24, 2.45) is 11.3 Å². The molecule has 0 aliphatic heterocycles. The molecular formula is C13H27NO2. The van der Waals surface area contributed by atoms with E-state index in [0.29, 0.717) is 12.5 Å². The predicted molar refractivity (Wildman–Crippen MR) is 67.6 cm³/mol. The van der Waals surface area contributed by atoms with Gasteiger partial charge in [0.1, 0.15) is 0 Å². The highest BCUT2D eigenvalue weighted by molar-refractivity contribution is 5.74. The number of carbonyl (C=O) groups is 1. The zero-order chi connectivity index (χ0) is 12.8. The van der Waals surface area contributed by atoms with Crippen LogP contribution < -0.4 is 0 Å². The van der Waals surface area contributed by atoms with Crippen molar-refractivity contribution in [3.05, 3.63) is 0 Å². The van der Waals surface area contributed by atoms with Gasteiger partial charge in [0.05, 0.1) is 5.41 Å². The average Bonchev–Trinajstić information content (AvgIpc) is 2.17. The highest BCUT2D eigenvalue weighted by atomic mass is 16.4. The normalized spacial score (nSPS) is 17.1. The van der Waals surface area contributed by atoms with Crippen LogP contribution in [-0.2, 0) is 4.79 Å². The Kier molecular flexibility index (Phi) is 6.65. The van der Waals surface area contributed by atoms with E-state index in [1.165, 1.54) is 0 Å². The molecule has 1 N–H and O–H groups in total. The average molecular weight is 229 g/mol. The van der Waals surface area contributed by atoms with E-state index in [1.807, 2.05) is 20.9 Å². The Balaban J connectivity index is 4.34. The summed E-state index contributed by atoms with van der Waals surface area (Å²) in [6.45, 7) is 9.88. The second-order valence-corrected chi connectivity index (χ2v) is 5.33. The first-order valence-electron chi connectivity index (χ1n) is 6.27. The van der Waals surface area contributed by atoms with Crippen LogP contribution in [0.1, 0.15) is 47.0 Å². The van der Waals surface area contributed by atoms with E-state index in [9.17, 15) is 9.90 Å². The topological polar surface area (TPSA) is 40.5 Å². The Labute approximate surface area is 99.8 Å². The summed E-state index contributed by atoms with van der Waals surface area (Å²) < 4.78 is 0. The van der Waals surface area contributed by atoms with Crippen LogP contribution in [0, 0.1) is 11.3 Å². The molecule has 0 aliphatic carbocycles. The molecule has 0 saturated heterocycles. The lowest BCUT2D eigenvalue weighted by molar-refractivity contribution is -0.149. The monoisotopic (exact) mass is 229 g/mol. The van der Waals surface area contributed by atoms with Crippen molar-refractivity contribution < 1.29 is 9.90 Å². The van der Waals surface area contributed by atoms with Gasteiger partial charge in [-0.3, -0.25) is 4.79 Å². The molecule has 0 aromatic carbocycles. The molecule has 16 heavy (non-hydrogen) atoms. The lowest BCUT2D eigenvalue weighted by Crippen LogP contribution is -2.40. The van der Waals surface area contributed by atoms with Crippen LogP contribution in [-0.4, -0.2) is 36.1 Å². The van der Waals surface area contributed by atoms with Gasteiger partial charge in [-0.25, -0.2) is 0 Å². The molecule has 0 amide bonds.